The summed E-state index contributed by atoms with van der Waals surface area (Å²) in [5.41, 5.74) is 9.84. The predicted octanol–water partition coefficient (Wildman–Crippen LogP) is 3.67. The molecule has 0 radical (unpaired) electrons. The summed E-state index contributed by atoms with van der Waals surface area (Å²) in [5.74, 6) is 1.05. The highest BCUT2D eigenvalue weighted by atomic mass is 16.5. The van der Waals surface area contributed by atoms with E-state index >= 15 is 0 Å². The highest BCUT2D eigenvalue weighted by molar-refractivity contribution is 5.86. The molecule has 4 aromatic rings. The molecule has 1 heterocycles. The molecule has 7 nitrogen and oxygen atoms in total. The Morgan fingerprint density at radius 2 is 1.82 bits per heavy atom. The summed E-state index contributed by atoms with van der Waals surface area (Å²) in [6, 6.07) is 18.7. The van der Waals surface area contributed by atoms with E-state index in [1.165, 1.54) is 0 Å². The fraction of sp³-hybridized carbons (Fsp3) is 0.192. The van der Waals surface area contributed by atoms with Crippen molar-refractivity contribution in [1.82, 2.24) is 10.3 Å². The van der Waals surface area contributed by atoms with Crippen LogP contribution in [-0.4, -0.2) is 36.3 Å². The Kier molecular flexibility index (Phi) is 6.51. The van der Waals surface area contributed by atoms with E-state index in [-0.39, 0.29) is 11.7 Å². The number of para-hydroxylation sites is 1. The van der Waals surface area contributed by atoms with Gasteiger partial charge in [-0.1, -0.05) is 30.3 Å². The molecule has 3 aromatic carbocycles. The van der Waals surface area contributed by atoms with Gasteiger partial charge in [-0.15, -0.1) is 0 Å². The fourth-order valence-electron chi connectivity index (χ4n) is 3.94. The molecule has 0 aliphatic heterocycles. The first-order valence-corrected chi connectivity index (χ1v) is 10.6. The van der Waals surface area contributed by atoms with Gasteiger partial charge in [0, 0.05) is 28.7 Å². The lowest BCUT2D eigenvalue weighted by molar-refractivity contribution is -0.122. The third kappa shape index (κ3) is 4.78. The Morgan fingerprint density at radius 1 is 1.06 bits per heavy atom. The summed E-state index contributed by atoms with van der Waals surface area (Å²) in [6.07, 6.45) is 2.28. The van der Waals surface area contributed by atoms with Crippen molar-refractivity contribution in [3.05, 3.63) is 89.6 Å². The number of hydrogen-bond acceptors (Lipinski definition) is 5. The fourth-order valence-corrected chi connectivity index (χ4v) is 3.94. The van der Waals surface area contributed by atoms with Crippen LogP contribution >= 0.6 is 0 Å². The Bertz CT molecular complexity index is 1250. The first kappa shape index (κ1) is 22.2. The number of carbonyl (C=O) groups excluding carboxylic acids is 1. The molecule has 0 saturated carbocycles. The maximum atomic E-state index is 13.2. The van der Waals surface area contributed by atoms with Gasteiger partial charge >= 0.3 is 0 Å². The molecule has 5 N–H and O–H groups in total. The van der Waals surface area contributed by atoms with Gasteiger partial charge in [-0.25, -0.2) is 0 Å². The number of aromatic amines is 1. The maximum Gasteiger partial charge on any atom is 0.238 e. The van der Waals surface area contributed by atoms with Gasteiger partial charge in [0.05, 0.1) is 26.3 Å². The number of phenolic OH excluding ortho intramolecular Hbond substituents is 1. The number of benzene rings is 3. The third-order valence-corrected chi connectivity index (χ3v) is 5.72. The zero-order valence-corrected chi connectivity index (χ0v) is 18.5. The van der Waals surface area contributed by atoms with Gasteiger partial charge in [-0.05, 0) is 47.9 Å². The number of rotatable bonds is 8. The number of H-pyrrole nitrogens is 1. The quantitative estimate of drug-likeness (QED) is 0.331. The molecular weight excluding hydrogens is 418 g/mol. The molecule has 7 heteroatoms. The summed E-state index contributed by atoms with van der Waals surface area (Å²) >= 11 is 0. The van der Waals surface area contributed by atoms with Gasteiger partial charge < -0.3 is 30.6 Å². The Labute approximate surface area is 192 Å². The van der Waals surface area contributed by atoms with Crippen LogP contribution in [0.3, 0.4) is 0 Å². The van der Waals surface area contributed by atoms with Gasteiger partial charge in [0.25, 0.3) is 0 Å². The number of nitrogens with one attached hydrogen (secondary N) is 2. The molecule has 0 aliphatic rings. The highest BCUT2D eigenvalue weighted by Gasteiger charge is 2.24. The zero-order chi connectivity index (χ0) is 23.4. The lowest BCUT2D eigenvalue weighted by atomic mass is 9.96. The van der Waals surface area contributed by atoms with E-state index < -0.39 is 12.1 Å². The van der Waals surface area contributed by atoms with Gasteiger partial charge in [0.1, 0.15) is 17.2 Å². The molecule has 0 fully saturated rings. The van der Waals surface area contributed by atoms with E-state index in [0.717, 1.165) is 27.6 Å². The van der Waals surface area contributed by atoms with E-state index in [4.69, 9.17) is 15.2 Å². The van der Waals surface area contributed by atoms with Crippen LogP contribution < -0.4 is 20.5 Å². The highest BCUT2D eigenvalue weighted by Crippen LogP contribution is 2.34. The van der Waals surface area contributed by atoms with E-state index in [1.807, 2.05) is 42.6 Å². The number of hydrogen-bond donors (Lipinski definition) is 4. The second-order valence-electron chi connectivity index (χ2n) is 7.81. The predicted molar refractivity (Wildman–Crippen MR) is 128 cm³/mol. The molecule has 170 valence electrons. The van der Waals surface area contributed by atoms with Crippen LogP contribution in [0.25, 0.3) is 10.9 Å². The van der Waals surface area contributed by atoms with Crippen molar-refractivity contribution in [2.45, 2.75) is 18.5 Å². The second kappa shape index (κ2) is 9.67. The molecular formula is C26H27N3O4. The van der Waals surface area contributed by atoms with Crippen LogP contribution in [0.1, 0.15) is 22.7 Å². The number of nitrogens with two attached hydrogens (primary N) is 1. The smallest absolute Gasteiger partial charge is 0.238 e. The van der Waals surface area contributed by atoms with Gasteiger partial charge in [0.2, 0.25) is 5.91 Å². The van der Waals surface area contributed by atoms with E-state index in [2.05, 4.69) is 10.3 Å². The lowest BCUT2D eigenvalue weighted by Gasteiger charge is -2.24. The minimum atomic E-state index is -0.756. The minimum absolute atomic E-state index is 0.140. The van der Waals surface area contributed by atoms with Crippen molar-refractivity contribution in [3.63, 3.8) is 0 Å². The van der Waals surface area contributed by atoms with Crippen LogP contribution in [0.4, 0.5) is 0 Å². The van der Waals surface area contributed by atoms with Gasteiger partial charge in [-0.3, -0.25) is 4.79 Å². The molecule has 1 amide bonds. The van der Waals surface area contributed by atoms with Crippen molar-refractivity contribution in [3.8, 4) is 17.2 Å². The van der Waals surface area contributed by atoms with Crippen LogP contribution in [-0.2, 0) is 11.2 Å². The molecule has 4 rings (SSSR count). The Balaban J connectivity index is 1.62. The summed E-state index contributed by atoms with van der Waals surface area (Å²) in [4.78, 5) is 16.4. The number of aromatic hydroxyl groups is 1. The van der Waals surface area contributed by atoms with E-state index in [1.54, 1.807) is 44.6 Å². The molecule has 0 spiro atoms. The topological polar surface area (TPSA) is 110 Å². The number of carbonyl (C=O) groups is 1. The first-order chi connectivity index (χ1) is 16.0. The van der Waals surface area contributed by atoms with E-state index in [0.29, 0.717) is 17.9 Å². The number of amides is 1. The monoisotopic (exact) mass is 445 g/mol. The van der Waals surface area contributed by atoms with Crippen LogP contribution in [0.15, 0.2) is 72.9 Å². The number of phenols is 1. The van der Waals surface area contributed by atoms with E-state index in [9.17, 15) is 9.90 Å². The normalized spacial score (nSPS) is 12.8. The number of methoxy groups -OCH3 is 2. The molecule has 0 saturated heterocycles. The minimum Gasteiger partial charge on any atom is -0.508 e. The Morgan fingerprint density at radius 3 is 2.55 bits per heavy atom. The second-order valence-corrected chi connectivity index (χ2v) is 7.81. The maximum absolute atomic E-state index is 13.2. The average molecular weight is 446 g/mol. The van der Waals surface area contributed by atoms with Gasteiger partial charge in [0.15, 0.2) is 0 Å². The van der Waals surface area contributed by atoms with Crippen molar-refractivity contribution in [1.29, 1.82) is 0 Å². The standard InChI is InChI=1S/C26H27N3O4/c1-32-19-11-12-21(24(14-19)33-2)25(16-7-9-18(30)10-8-16)29-26(31)22(27)13-17-15-28-23-6-4-3-5-20(17)23/h3-12,14-15,22,25,28,30H,13,27H2,1-2H3,(H,29,31)/t22-,25?/m0/s1. The molecule has 0 aliphatic carbocycles. The summed E-state index contributed by atoms with van der Waals surface area (Å²) in [5, 5.41) is 13.8. The number of fused-ring (bicyclic) bond motifs is 1. The first-order valence-electron chi connectivity index (χ1n) is 10.6. The third-order valence-electron chi connectivity index (χ3n) is 5.72. The van der Waals surface area contributed by atoms with Crippen LogP contribution in [0.5, 0.6) is 17.2 Å². The molecule has 0 bridgehead atoms. The summed E-state index contributed by atoms with van der Waals surface area (Å²) in [6.45, 7) is 0. The van der Waals surface area contributed by atoms with Crippen molar-refractivity contribution >= 4 is 16.8 Å². The zero-order valence-electron chi connectivity index (χ0n) is 18.5. The SMILES string of the molecule is COc1ccc(C(NC(=O)[C@@H](N)Cc2c[nH]c3ccccc23)c2ccc(O)cc2)c(OC)c1. The summed E-state index contributed by atoms with van der Waals surface area (Å²) in [7, 11) is 3.15. The van der Waals surface area contributed by atoms with Crippen LogP contribution in [0, 0.1) is 0 Å². The summed E-state index contributed by atoms with van der Waals surface area (Å²) < 4.78 is 10.9. The van der Waals surface area contributed by atoms with Crippen molar-refractivity contribution in [2.24, 2.45) is 5.73 Å². The Hall–Kier alpha value is -3.97. The largest absolute Gasteiger partial charge is 0.508 e. The lowest BCUT2D eigenvalue weighted by Crippen LogP contribution is -2.43. The molecule has 1 aromatic heterocycles. The van der Waals surface area contributed by atoms with Crippen molar-refractivity contribution < 1.29 is 19.4 Å². The van der Waals surface area contributed by atoms with Crippen molar-refractivity contribution in [2.75, 3.05) is 14.2 Å². The number of ether oxygens (including phenoxy) is 2. The van der Waals surface area contributed by atoms with Crippen LogP contribution in [0.2, 0.25) is 0 Å². The molecule has 1 unspecified atom stereocenters. The number of aromatic nitrogens is 1. The molecule has 2 atom stereocenters. The van der Waals surface area contributed by atoms with Gasteiger partial charge in [-0.2, -0.15) is 0 Å². The average Bonchev–Trinajstić information content (AvgIpc) is 3.25. The molecule has 33 heavy (non-hydrogen) atoms.